The van der Waals surface area contributed by atoms with E-state index in [-0.39, 0.29) is 24.2 Å². The van der Waals surface area contributed by atoms with Gasteiger partial charge in [0.05, 0.1) is 16.7 Å². The lowest BCUT2D eigenvalue weighted by molar-refractivity contribution is 0.313. The first kappa shape index (κ1) is 12.5. The van der Waals surface area contributed by atoms with Gasteiger partial charge < -0.3 is 25.5 Å². The number of thiophene rings is 1. The maximum atomic E-state index is 12.6. The molecule has 1 aromatic carbocycles. The largest absolute Gasteiger partial charge is 0.397 e. The minimum atomic E-state index is -1.83. The van der Waals surface area contributed by atoms with E-state index in [0.717, 1.165) is 10.3 Å². The summed E-state index contributed by atoms with van der Waals surface area (Å²) in [4.78, 5) is 26.7. The fourth-order valence-electron chi connectivity index (χ4n) is 3.27. The number of benzene rings is 1. The van der Waals surface area contributed by atoms with Crippen molar-refractivity contribution in [2.45, 2.75) is 0 Å². The quantitative estimate of drug-likeness (QED) is 0.494. The summed E-state index contributed by atoms with van der Waals surface area (Å²) >= 11 is 1.41. The second-order valence-electron chi connectivity index (χ2n) is 6.42. The van der Waals surface area contributed by atoms with E-state index in [9.17, 15) is 4.79 Å². The van der Waals surface area contributed by atoms with Crippen LogP contribution >= 0.6 is 11.3 Å². The average molecular weight is 385 g/mol. The third kappa shape index (κ3) is 2.68. The number of piperazine rings is 1. The first-order chi connectivity index (χ1) is 14.6. The molecule has 27 heavy (non-hydrogen) atoms. The van der Waals surface area contributed by atoms with Gasteiger partial charge in [-0.25, -0.2) is 4.98 Å². The van der Waals surface area contributed by atoms with Gasteiger partial charge in [0.1, 0.15) is 16.2 Å². The fourth-order valence-corrected chi connectivity index (χ4v) is 4.06. The van der Waals surface area contributed by atoms with Gasteiger partial charge >= 0.3 is 0 Å². The summed E-state index contributed by atoms with van der Waals surface area (Å²) in [5, 5.41) is 2.63. The number of aromatic nitrogens is 3. The number of nitrogen functional groups attached to an aromatic ring is 1. The van der Waals surface area contributed by atoms with Gasteiger partial charge in [-0.05, 0) is 36.7 Å². The number of anilines is 2. The molecule has 0 spiro atoms. The van der Waals surface area contributed by atoms with Crippen LogP contribution in [0.2, 0.25) is 0 Å². The Morgan fingerprint density at radius 3 is 2.89 bits per heavy atom. The molecule has 4 heterocycles. The molecule has 138 valence electrons. The molecule has 3 aromatic heterocycles. The SMILES string of the molecule is [2H]C1([2H])CN(c2ccc3nc(-c4c(N)c5ccsc5[nH]c4=O)[nH]c3c2)CC([2H])([2H])N1C. The molecule has 0 saturated carbocycles. The lowest BCUT2D eigenvalue weighted by Crippen LogP contribution is -2.44. The van der Waals surface area contributed by atoms with Crippen LogP contribution in [0.3, 0.4) is 0 Å². The fraction of sp³-hybridized carbons (Fsp3) is 0.263. The number of fused-ring (bicyclic) bond motifs is 2. The molecular weight excluding hydrogens is 360 g/mol. The molecule has 0 aliphatic carbocycles. The molecular formula is C19H20N6OS. The molecule has 4 N–H and O–H groups in total. The van der Waals surface area contributed by atoms with E-state index < -0.39 is 13.0 Å². The van der Waals surface area contributed by atoms with Gasteiger partial charge in [-0.1, -0.05) is 0 Å². The molecule has 1 saturated heterocycles. The summed E-state index contributed by atoms with van der Waals surface area (Å²) in [6, 6.07) is 7.18. The summed E-state index contributed by atoms with van der Waals surface area (Å²) in [6.07, 6.45) is 0. The Hall–Kier alpha value is -2.84. The molecule has 1 aliphatic heterocycles. The first-order valence-electron chi connectivity index (χ1n) is 10.4. The predicted octanol–water partition coefficient (Wildman–Crippen LogP) is 2.47. The third-order valence-corrected chi connectivity index (χ3v) is 5.57. The highest BCUT2D eigenvalue weighted by atomic mass is 32.1. The molecule has 8 heteroatoms. The molecule has 1 aliphatic rings. The van der Waals surface area contributed by atoms with E-state index >= 15 is 0 Å². The number of nitrogens with zero attached hydrogens (tertiary/aromatic N) is 3. The highest BCUT2D eigenvalue weighted by Crippen LogP contribution is 2.31. The number of pyridine rings is 1. The summed E-state index contributed by atoms with van der Waals surface area (Å²) in [5.74, 6) is 0.350. The topological polar surface area (TPSA) is 94.0 Å². The van der Waals surface area contributed by atoms with Crippen LogP contribution in [0.1, 0.15) is 5.48 Å². The van der Waals surface area contributed by atoms with Crippen LogP contribution in [0.25, 0.3) is 32.6 Å². The van der Waals surface area contributed by atoms with Gasteiger partial charge in [0.15, 0.2) is 0 Å². The molecule has 0 bridgehead atoms. The van der Waals surface area contributed by atoms with Crippen LogP contribution in [-0.4, -0.2) is 53.0 Å². The van der Waals surface area contributed by atoms with Crippen molar-refractivity contribution >= 4 is 44.0 Å². The van der Waals surface area contributed by atoms with Gasteiger partial charge in [-0.15, -0.1) is 11.3 Å². The maximum absolute atomic E-state index is 12.6. The number of imidazole rings is 1. The van der Waals surface area contributed by atoms with Crippen LogP contribution < -0.4 is 16.2 Å². The second kappa shape index (κ2) is 6.11. The van der Waals surface area contributed by atoms with E-state index in [0.29, 0.717) is 33.1 Å². The first-order valence-corrected chi connectivity index (χ1v) is 9.33. The molecule has 5 rings (SSSR count). The van der Waals surface area contributed by atoms with E-state index in [1.807, 2.05) is 11.4 Å². The van der Waals surface area contributed by atoms with Gasteiger partial charge in [-0.2, -0.15) is 0 Å². The highest BCUT2D eigenvalue weighted by molar-refractivity contribution is 7.16. The van der Waals surface area contributed by atoms with E-state index in [1.165, 1.54) is 18.4 Å². The van der Waals surface area contributed by atoms with Crippen LogP contribution in [0.15, 0.2) is 34.4 Å². The van der Waals surface area contributed by atoms with Gasteiger partial charge in [0, 0.05) is 42.6 Å². The second-order valence-corrected chi connectivity index (χ2v) is 7.34. The molecule has 1 fully saturated rings. The van der Waals surface area contributed by atoms with Gasteiger partial charge in [0.25, 0.3) is 5.56 Å². The summed E-state index contributed by atoms with van der Waals surface area (Å²) in [7, 11) is 1.45. The number of nitrogens with two attached hydrogens (primary N) is 1. The number of hydrogen-bond acceptors (Lipinski definition) is 6. The molecule has 0 atom stereocenters. The zero-order valence-electron chi connectivity index (χ0n) is 18.5. The van der Waals surface area contributed by atoms with Crippen molar-refractivity contribution in [3.05, 3.63) is 40.0 Å². The van der Waals surface area contributed by atoms with E-state index in [4.69, 9.17) is 11.2 Å². The summed E-state index contributed by atoms with van der Waals surface area (Å²) in [5.41, 5.74) is 8.52. The Morgan fingerprint density at radius 2 is 2.07 bits per heavy atom. The Bertz CT molecular complexity index is 1360. The number of hydrogen-bond donors (Lipinski definition) is 3. The highest BCUT2D eigenvalue weighted by Gasteiger charge is 2.18. The predicted molar refractivity (Wildman–Crippen MR) is 112 cm³/mol. The zero-order chi connectivity index (χ0) is 22.1. The van der Waals surface area contributed by atoms with E-state index in [1.54, 1.807) is 23.1 Å². The molecule has 4 aromatic rings. The Balaban J connectivity index is 1.57. The smallest absolute Gasteiger partial charge is 0.262 e. The monoisotopic (exact) mass is 384 g/mol. The molecule has 0 amide bonds. The number of nitrogens with one attached hydrogen (secondary N) is 2. The van der Waals surface area contributed by atoms with Crippen LogP contribution in [0, 0.1) is 0 Å². The lowest BCUT2D eigenvalue weighted by Gasteiger charge is -2.34. The third-order valence-electron chi connectivity index (χ3n) is 4.74. The summed E-state index contributed by atoms with van der Waals surface area (Å²) in [6.45, 7) is -3.60. The van der Waals surface area contributed by atoms with E-state index in [2.05, 4.69) is 15.0 Å². The van der Waals surface area contributed by atoms with Crippen molar-refractivity contribution in [3.63, 3.8) is 0 Å². The summed E-state index contributed by atoms with van der Waals surface area (Å²) < 4.78 is 32.7. The van der Waals surface area contributed by atoms with Crippen molar-refractivity contribution in [1.82, 2.24) is 19.9 Å². The number of aromatic amines is 2. The van der Waals surface area contributed by atoms with Crippen LogP contribution in [0.4, 0.5) is 11.4 Å². The normalized spacial score (nSPS) is 21.7. The number of likely N-dealkylation sites (N-methyl/N-ethyl adjacent to an activating group) is 1. The molecule has 7 nitrogen and oxygen atoms in total. The standard InChI is InChI=1S/C19H20N6OS/c1-24-5-7-25(8-6-24)11-2-3-13-14(10-11)22-17(21-13)15-16(20)12-4-9-27-19(12)23-18(15)26/h2-4,9-10H,5-8H2,1H3,(H,21,22)(H3,20,23,26)/i5D2,6D2. The number of rotatable bonds is 2. The number of H-pyrrole nitrogens is 2. The molecule has 0 unspecified atom stereocenters. The molecule has 0 radical (unpaired) electrons. The van der Waals surface area contributed by atoms with Crippen molar-refractivity contribution in [2.24, 2.45) is 0 Å². The maximum Gasteiger partial charge on any atom is 0.262 e. The minimum absolute atomic E-state index is 0.0248. The van der Waals surface area contributed by atoms with Gasteiger partial charge in [-0.3, -0.25) is 4.79 Å². The van der Waals surface area contributed by atoms with Crippen molar-refractivity contribution < 1.29 is 5.48 Å². The average Bonchev–Trinajstić information content (AvgIpc) is 3.31. The lowest BCUT2D eigenvalue weighted by atomic mass is 10.2. The van der Waals surface area contributed by atoms with Gasteiger partial charge in [0.2, 0.25) is 0 Å². The minimum Gasteiger partial charge on any atom is -0.397 e. The zero-order valence-corrected chi connectivity index (χ0v) is 15.4. The Morgan fingerprint density at radius 1 is 1.26 bits per heavy atom. The Kier molecular flexibility index (Phi) is 2.83. The van der Waals surface area contributed by atoms with Crippen molar-refractivity contribution in [1.29, 1.82) is 0 Å². The van der Waals surface area contributed by atoms with Crippen LogP contribution in [-0.2, 0) is 0 Å². The van der Waals surface area contributed by atoms with Crippen molar-refractivity contribution in [3.8, 4) is 11.4 Å². The Labute approximate surface area is 165 Å². The van der Waals surface area contributed by atoms with Crippen molar-refractivity contribution in [2.75, 3.05) is 43.8 Å². The van der Waals surface area contributed by atoms with Crippen LogP contribution in [0.5, 0.6) is 0 Å².